The van der Waals surface area contributed by atoms with Crippen LogP contribution in [0.5, 0.6) is 0 Å². The van der Waals surface area contributed by atoms with E-state index in [1.54, 1.807) is 0 Å². The van der Waals surface area contributed by atoms with Crippen LogP contribution in [-0.4, -0.2) is 56.1 Å². The van der Waals surface area contributed by atoms with Crippen molar-refractivity contribution in [3.05, 3.63) is 0 Å². The van der Waals surface area contributed by atoms with E-state index in [-0.39, 0.29) is 32.1 Å². The molecule has 0 rings (SSSR count). The fourth-order valence-electron chi connectivity index (χ4n) is 0.910. The Morgan fingerprint density at radius 3 is 1.62 bits per heavy atom. The van der Waals surface area contributed by atoms with Gasteiger partial charge in [0.15, 0.2) is 0 Å². The minimum atomic E-state index is -1.50. The molecule has 10 heteroatoms. The second kappa shape index (κ2) is 11.3. The van der Waals surface area contributed by atoms with Crippen LogP contribution in [0.2, 0.25) is 0 Å². The molecular weight excluding hydrogens is 290 g/mol. The van der Waals surface area contributed by atoms with Gasteiger partial charge in [0, 0.05) is 19.3 Å². The molecule has 0 heterocycles. The van der Waals surface area contributed by atoms with Crippen LogP contribution >= 0.6 is 0 Å². The Bertz CT molecular complexity index is 404. The number of ketones is 1. The Kier molecular flexibility index (Phi) is 11.2. The number of carbonyl (C=O) groups is 5. The van der Waals surface area contributed by atoms with E-state index in [0.29, 0.717) is 0 Å². The van der Waals surface area contributed by atoms with E-state index in [1.807, 2.05) is 0 Å². The monoisotopic (exact) mass is 307 g/mol. The van der Waals surface area contributed by atoms with E-state index in [9.17, 15) is 24.0 Å². The Hall–Kier alpha value is -2.49. The van der Waals surface area contributed by atoms with Gasteiger partial charge in [-0.25, -0.2) is 4.79 Å². The summed E-state index contributed by atoms with van der Waals surface area (Å²) in [6.45, 7) is 0. The lowest BCUT2D eigenvalue weighted by Crippen LogP contribution is -2.30. The first-order valence-corrected chi connectivity index (χ1v) is 5.76. The summed E-state index contributed by atoms with van der Waals surface area (Å²) in [4.78, 5) is 50.0. The van der Waals surface area contributed by atoms with E-state index < -0.39 is 35.7 Å². The zero-order chi connectivity index (χ0) is 17.0. The average molecular weight is 307 g/mol. The largest absolute Gasteiger partial charge is 0.481 e. The molecule has 0 aromatic carbocycles. The Morgan fingerprint density at radius 1 is 0.810 bits per heavy atom. The highest BCUT2D eigenvalue weighted by Crippen LogP contribution is 1.96. The molecule has 0 aliphatic heterocycles. The van der Waals surface area contributed by atoms with Gasteiger partial charge in [-0.2, -0.15) is 0 Å². The van der Waals surface area contributed by atoms with Gasteiger partial charge in [-0.3, -0.25) is 19.2 Å². The van der Waals surface area contributed by atoms with Crippen LogP contribution < -0.4 is 5.73 Å². The van der Waals surface area contributed by atoms with Gasteiger partial charge in [-0.15, -0.1) is 0 Å². The maximum Gasteiger partial charge on any atom is 0.372 e. The maximum atomic E-state index is 10.3. The van der Waals surface area contributed by atoms with Crippen molar-refractivity contribution in [1.29, 1.82) is 0 Å². The molecule has 0 amide bonds. The van der Waals surface area contributed by atoms with Gasteiger partial charge < -0.3 is 26.2 Å². The standard InChI is InChI=1S/C6H8O5.C5H9NO4/c7-4(6(10)11)2-1-3-5(8)9;6-3(5(9)10)1-2-4(7)8/h1-3H2,(H,8,9)(H,10,11);3H,1-2,6H2,(H,7,8)(H,9,10). The highest BCUT2D eigenvalue weighted by molar-refractivity contribution is 6.32. The second-order valence-corrected chi connectivity index (χ2v) is 3.85. The molecule has 0 saturated heterocycles. The lowest BCUT2D eigenvalue weighted by Gasteiger charge is -2.01. The third-order valence-corrected chi connectivity index (χ3v) is 2.02. The molecule has 0 aromatic heterocycles. The summed E-state index contributed by atoms with van der Waals surface area (Å²) in [5, 5.41) is 32.4. The van der Waals surface area contributed by atoms with E-state index >= 15 is 0 Å². The molecular formula is C11H17NO9. The molecule has 0 saturated carbocycles. The van der Waals surface area contributed by atoms with Crippen LogP contribution in [0.4, 0.5) is 0 Å². The molecule has 0 radical (unpaired) electrons. The number of nitrogens with two attached hydrogens (primary N) is 1. The van der Waals surface area contributed by atoms with Gasteiger partial charge in [0.1, 0.15) is 6.04 Å². The molecule has 1 unspecified atom stereocenters. The predicted octanol–water partition coefficient (Wildman–Crippen LogP) is -0.842. The highest BCUT2D eigenvalue weighted by atomic mass is 16.4. The maximum absolute atomic E-state index is 10.3. The molecule has 10 nitrogen and oxygen atoms in total. The van der Waals surface area contributed by atoms with Gasteiger partial charge in [0.25, 0.3) is 0 Å². The van der Waals surface area contributed by atoms with Crippen molar-refractivity contribution in [3.63, 3.8) is 0 Å². The summed E-state index contributed by atoms with van der Waals surface area (Å²) in [6, 6.07) is -1.06. The van der Waals surface area contributed by atoms with Crippen molar-refractivity contribution >= 4 is 29.7 Å². The lowest BCUT2D eigenvalue weighted by molar-refractivity contribution is -0.149. The number of rotatable bonds is 9. The average Bonchev–Trinajstić information content (AvgIpc) is 2.35. The smallest absolute Gasteiger partial charge is 0.372 e. The molecule has 0 spiro atoms. The Labute approximate surface area is 119 Å². The van der Waals surface area contributed by atoms with Crippen molar-refractivity contribution in [2.75, 3.05) is 0 Å². The minimum Gasteiger partial charge on any atom is -0.481 e. The lowest BCUT2D eigenvalue weighted by atomic mass is 10.2. The quantitative estimate of drug-likeness (QED) is 0.335. The highest BCUT2D eigenvalue weighted by Gasteiger charge is 2.12. The molecule has 21 heavy (non-hydrogen) atoms. The van der Waals surface area contributed by atoms with E-state index in [2.05, 4.69) is 0 Å². The molecule has 120 valence electrons. The van der Waals surface area contributed by atoms with Crippen molar-refractivity contribution in [2.45, 2.75) is 38.1 Å². The predicted molar refractivity (Wildman–Crippen MR) is 66.6 cm³/mol. The summed E-state index contributed by atoms with van der Waals surface area (Å²) in [5.41, 5.74) is 5.00. The van der Waals surface area contributed by atoms with Crippen molar-refractivity contribution in [1.82, 2.24) is 0 Å². The van der Waals surface area contributed by atoms with Crippen LogP contribution in [-0.2, 0) is 24.0 Å². The van der Waals surface area contributed by atoms with Crippen molar-refractivity contribution in [3.8, 4) is 0 Å². The normalized spacial score (nSPS) is 10.7. The van der Waals surface area contributed by atoms with Crippen molar-refractivity contribution in [2.24, 2.45) is 5.73 Å². The van der Waals surface area contributed by atoms with Crippen LogP contribution in [0.3, 0.4) is 0 Å². The first kappa shape index (κ1) is 20.8. The summed E-state index contributed by atoms with van der Waals surface area (Å²) in [5.74, 6) is -5.66. The fourth-order valence-corrected chi connectivity index (χ4v) is 0.910. The van der Waals surface area contributed by atoms with Gasteiger partial charge >= 0.3 is 23.9 Å². The number of hydrogen-bond donors (Lipinski definition) is 5. The fraction of sp³-hybridized carbons (Fsp3) is 0.545. The van der Waals surface area contributed by atoms with E-state index in [0.717, 1.165) is 0 Å². The summed E-state index contributed by atoms with van der Waals surface area (Å²) in [7, 11) is 0. The zero-order valence-corrected chi connectivity index (χ0v) is 11.0. The van der Waals surface area contributed by atoms with Gasteiger partial charge in [-0.1, -0.05) is 0 Å². The molecule has 0 aromatic rings. The number of carboxylic acid groups (broad SMARTS) is 4. The van der Waals surface area contributed by atoms with Crippen molar-refractivity contribution < 1.29 is 44.4 Å². The van der Waals surface area contributed by atoms with Gasteiger partial charge in [-0.05, 0) is 12.8 Å². The molecule has 0 fully saturated rings. The van der Waals surface area contributed by atoms with Crippen LogP contribution in [0, 0.1) is 0 Å². The molecule has 1 atom stereocenters. The third-order valence-electron chi connectivity index (χ3n) is 2.02. The zero-order valence-electron chi connectivity index (χ0n) is 11.0. The molecule has 0 aliphatic carbocycles. The van der Waals surface area contributed by atoms with Gasteiger partial charge in [0.2, 0.25) is 5.78 Å². The summed E-state index contributed by atoms with van der Waals surface area (Å²) in [6.07, 6.45) is -0.515. The number of hydrogen-bond acceptors (Lipinski definition) is 6. The summed E-state index contributed by atoms with van der Waals surface area (Å²) < 4.78 is 0. The first-order chi connectivity index (χ1) is 9.57. The van der Waals surface area contributed by atoms with Gasteiger partial charge in [0.05, 0.1) is 0 Å². The molecule has 0 aliphatic rings. The minimum absolute atomic E-state index is 0.0231. The Morgan fingerprint density at radius 2 is 1.29 bits per heavy atom. The Balaban J connectivity index is 0. The molecule has 6 N–H and O–H groups in total. The topological polar surface area (TPSA) is 192 Å². The number of carboxylic acids is 4. The number of carbonyl (C=O) groups excluding carboxylic acids is 1. The SMILES string of the molecule is NC(CCC(=O)O)C(=O)O.O=C(O)CCCC(=O)C(=O)O. The van der Waals surface area contributed by atoms with Crippen LogP contribution in [0.15, 0.2) is 0 Å². The molecule has 0 bridgehead atoms. The van der Waals surface area contributed by atoms with Crippen LogP contribution in [0.1, 0.15) is 32.1 Å². The van der Waals surface area contributed by atoms with Crippen LogP contribution in [0.25, 0.3) is 0 Å². The summed E-state index contributed by atoms with van der Waals surface area (Å²) >= 11 is 0. The second-order valence-electron chi connectivity index (χ2n) is 3.85. The number of Topliss-reactive ketones (excluding diaryl/α,β-unsaturated/α-hetero) is 1. The van der Waals surface area contributed by atoms with E-state index in [1.165, 1.54) is 0 Å². The third kappa shape index (κ3) is 15.5. The number of aliphatic carboxylic acids is 4. The van der Waals surface area contributed by atoms with E-state index in [4.69, 9.17) is 26.2 Å². The first-order valence-electron chi connectivity index (χ1n) is 5.76.